The number of carbonyl (C=O) groups is 1. The van der Waals surface area contributed by atoms with Gasteiger partial charge in [-0.05, 0) is 44.7 Å². The lowest BCUT2D eigenvalue weighted by Crippen LogP contribution is -2.48. The smallest absolute Gasteiger partial charge is 0.240 e. The minimum Gasteiger partial charge on any atom is -0.593 e. The van der Waals surface area contributed by atoms with Gasteiger partial charge in [-0.15, -0.1) is 4.31 Å². The van der Waals surface area contributed by atoms with E-state index in [4.69, 9.17) is 4.52 Å². The molecule has 2 aliphatic heterocycles. The summed E-state index contributed by atoms with van der Waals surface area (Å²) in [6.07, 6.45) is 4.63. The maximum atomic E-state index is 13.3. The van der Waals surface area contributed by atoms with Gasteiger partial charge in [-0.2, -0.15) is 0 Å². The molecule has 0 radical (unpaired) electrons. The van der Waals surface area contributed by atoms with Crippen molar-refractivity contribution in [2.45, 2.75) is 50.3 Å². The zero-order chi connectivity index (χ0) is 23.2. The van der Waals surface area contributed by atoms with Crippen molar-refractivity contribution in [3.8, 4) is 0 Å². The predicted octanol–water partition coefficient (Wildman–Crippen LogP) is 2.58. The van der Waals surface area contributed by atoms with Gasteiger partial charge in [-0.3, -0.25) is 4.79 Å². The molecule has 5 heterocycles. The number of sulfonamides is 1. The number of hydrogen-bond acceptors (Lipinski definition) is 7. The predicted molar refractivity (Wildman–Crippen MR) is 120 cm³/mol. The topological polar surface area (TPSA) is 131 Å². The van der Waals surface area contributed by atoms with Gasteiger partial charge in [0.25, 0.3) is 0 Å². The zero-order valence-electron chi connectivity index (χ0n) is 18.8. The van der Waals surface area contributed by atoms with Gasteiger partial charge >= 0.3 is 0 Å². The van der Waals surface area contributed by atoms with E-state index >= 15 is 0 Å². The van der Waals surface area contributed by atoms with E-state index in [1.807, 2.05) is 17.0 Å². The number of H-pyrrole nitrogens is 1. The van der Waals surface area contributed by atoms with Gasteiger partial charge < -0.3 is 19.0 Å². The molecule has 0 aromatic carbocycles. The second kappa shape index (κ2) is 8.62. The van der Waals surface area contributed by atoms with Crippen molar-refractivity contribution in [2.75, 3.05) is 26.2 Å². The number of aryl methyl sites for hydroxylation is 2. The Hall–Kier alpha value is -2.63. The van der Waals surface area contributed by atoms with Crippen molar-refractivity contribution in [2.24, 2.45) is 5.92 Å². The average Bonchev–Trinajstić information content (AvgIpc) is 3.42. The Morgan fingerprint density at radius 2 is 2.03 bits per heavy atom. The monoisotopic (exact) mass is 472 g/mol. The Balaban J connectivity index is 1.23. The lowest BCUT2D eigenvalue weighted by molar-refractivity contribution is -0.138. The van der Waals surface area contributed by atoms with E-state index in [-0.39, 0.29) is 22.6 Å². The van der Waals surface area contributed by atoms with Gasteiger partial charge in [0.05, 0.1) is 5.52 Å². The summed E-state index contributed by atoms with van der Waals surface area (Å²) in [5, 5.41) is 3.77. The van der Waals surface area contributed by atoms with Gasteiger partial charge in [0, 0.05) is 51.1 Å². The number of hydrogen-bond donors (Lipinski definition) is 1. The second-order valence-corrected chi connectivity index (χ2v) is 10.8. The molecule has 10 nitrogen and oxygen atoms in total. The molecular weight excluding hydrogens is 444 g/mol. The Morgan fingerprint density at radius 1 is 1.24 bits per heavy atom. The van der Waals surface area contributed by atoms with Crippen molar-refractivity contribution in [3.05, 3.63) is 35.6 Å². The molecule has 3 aromatic rings. The van der Waals surface area contributed by atoms with E-state index in [0.717, 1.165) is 30.7 Å². The van der Waals surface area contributed by atoms with E-state index in [9.17, 15) is 13.6 Å². The summed E-state index contributed by atoms with van der Waals surface area (Å²) in [4.78, 5) is 27.6. The number of piperidine rings is 2. The third kappa shape index (κ3) is 4.09. The number of amides is 1. The van der Waals surface area contributed by atoms with Crippen LogP contribution in [-0.2, 0) is 19.4 Å². The van der Waals surface area contributed by atoms with Crippen molar-refractivity contribution in [1.29, 1.82) is 0 Å². The highest BCUT2D eigenvalue weighted by Crippen LogP contribution is 2.33. The molecule has 1 N–H and O–H groups in total. The van der Waals surface area contributed by atoms with Gasteiger partial charge in [0.15, 0.2) is 21.8 Å². The first-order valence-electron chi connectivity index (χ1n) is 11.4. The molecule has 2 atom stereocenters. The summed E-state index contributed by atoms with van der Waals surface area (Å²) in [7, 11) is -3.68. The van der Waals surface area contributed by atoms with Crippen LogP contribution >= 0.6 is 0 Å². The summed E-state index contributed by atoms with van der Waals surface area (Å²) in [6.45, 7) is 5.21. The number of fused-ring (bicyclic) bond motifs is 1. The first kappa shape index (κ1) is 22.2. The highest BCUT2D eigenvalue weighted by Gasteiger charge is 2.41. The zero-order valence-corrected chi connectivity index (χ0v) is 19.6. The van der Waals surface area contributed by atoms with Gasteiger partial charge in [0.2, 0.25) is 10.8 Å². The summed E-state index contributed by atoms with van der Waals surface area (Å²) in [6, 6.07) is 3.83. The maximum absolute atomic E-state index is 13.3. The molecule has 0 saturated carbocycles. The Bertz CT molecular complexity index is 1160. The largest absolute Gasteiger partial charge is 0.593 e. The fraction of sp³-hybridized carbons (Fsp3) is 0.545. The number of carbonyl (C=O) groups excluding carboxylic acids is 1. The Morgan fingerprint density at radius 3 is 2.73 bits per heavy atom. The number of nitrogens with zero attached hydrogens (tertiary/aromatic N) is 5. The second-order valence-electron chi connectivity index (χ2n) is 8.95. The van der Waals surface area contributed by atoms with Crippen LogP contribution in [-0.4, -0.2) is 66.0 Å². The normalized spacial score (nSPS) is 22.5. The molecule has 2 saturated heterocycles. The lowest BCUT2D eigenvalue weighted by Gasteiger charge is -2.37. The number of likely N-dealkylation sites (tertiary alicyclic amines) is 1. The number of aromatic nitrogens is 4. The molecule has 5 rings (SSSR count). The van der Waals surface area contributed by atoms with E-state index in [2.05, 4.69) is 20.1 Å². The number of imidazole rings is 1. The Labute approximate surface area is 193 Å². The number of aromatic amines is 1. The molecule has 2 fully saturated rings. The van der Waals surface area contributed by atoms with Crippen LogP contribution in [0.25, 0.3) is 11.2 Å². The van der Waals surface area contributed by atoms with Gasteiger partial charge in [-0.25, -0.2) is 9.97 Å². The van der Waals surface area contributed by atoms with Crippen molar-refractivity contribution in [3.63, 3.8) is 0 Å². The van der Waals surface area contributed by atoms with E-state index in [1.54, 1.807) is 20.0 Å². The number of pyridine rings is 1. The third-order valence-corrected chi connectivity index (χ3v) is 8.91. The Kier molecular flexibility index (Phi) is 5.79. The molecule has 3 aromatic heterocycles. The van der Waals surface area contributed by atoms with Crippen molar-refractivity contribution < 1.29 is 18.1 Å². The first-order valence-corrected chi connectivity index (χ1v) is 12.8. The van der Waals surface area contributed by atoms with E-state index in [1.165, 1.54) is 4.31 Å². The lowest BCUT2D eigenvalue weighted by atomic mass is 9.92. The van der Waals surface area contributed by atoms with E-state index < -0.39 is 10.4 Å². The molecule has 0 aliphatic carbocycles. The minimum absolute atomic E-state index is 0.114. The van der Waals surface area contributed by atoms with Crippen molar-refractivity contribution >= 4 is 27.5 Å². The SMILES string of the molecule is Cc1noc(C)c1[S+](=O)([O-])N1CCC(C(=O)N2CCCC(c3nc4ncccc4[nH]3)C2)CC1. The van der Waals surface area contributed by atoms with Crippen molar-refractivity contribution in [1.82, 2.24) is 29.3 Å². The van der Waals surface area contributed by atoms with Crippen LogP contribution in [0, 0.1) is 19.8 Å². The standard InChI is InChI=1S/C22H28N6O4S/c1-14-19(15(2)32-26-14)33(30,31)28-11-7-16(8-12-28)22(29)27-10-4-5-17(13-27)20-24-18-6-3-9-23-21(18)25-20/h3,6,9,16-17H,4-5,7-8,10-13H2,1-2H3,(H-,23,24,25,30,31). The fourth-order valence-corrected chi connectivity index (χ4v) is 6.79. The summed E-state index contributed by atoms with van der Waals surface area (Å²) in [5.41, 5.74) is 1.97. The fourth-order valence-electron chi connectivity index (χ4n) is 5.03. The highest BCUT2D eigenvalue weighted by atomic mass is 32.3. The maximum Gasteiger partial charge on any atom is 0.240 e. The van der Waals surface area contributed by atoms with Crippen LogP contribution in [0.15, 0.2) is 27.7 Å². The van der Waals surface area contributed by atoms with Crippen LogP contribution < -0.4 is 0 Å². The molecule has 11 heteroatoms. The van der Waals surface area contributed by atoms with E-state index in [0.29, 0.717) is 49.6 Å². The average molecular weight is 473 g/mol. The molecule has 0 spiro atoms. The quantitative estimate of drug-likeness (QED) is 0.577. The minimum atomic E-state index is -3.68. The van der Waals surface area contributed by atoms with Crippen LogP contribution in [0.5, 0.6) is 0 Å². The van der Waals surface area contributed by atoms with Crippen LogP contribution in [0.1, 0.15) is 48.9 Å². The van der Waals surface area contributed by atoms with Gasteiger partial charge in [-0.1, -0.05) is 9.37 Å². The highest BCUT2D eigenvalue weighted by molar-refractivity contribution is 7.95. The number of rotatable bonds is 4. The van der Waals surface area contributed by atoms with Crippen LogP contribution in [0.3, 0.4) is 0 Å². The van der Waals surface area contributed by atoms with Gasteiger partial charge in [0.1, 0.15) is 11.5 Å². The molecule has 2 unspecified atom stereocenters. The summed E-state index contributed by atoms with van der Waals surface area (Å²) >= 11 is 0. The molecule has 2 aliphatic rings. The molecule has 33 heavy (non-hydrogen) atoms. The first-order chi connectivity index (χ1) is 15.8. The summed E-state index contributed by atoms with van der Waals surface area (Å²) < 4.78 is 32.6. The van der Waals surface area contributed by atoms with Crippen LogP contribution in [0.4, 0.5) is 0 Å². The molecule has 1 amide bonds. The molecule has 176 valence electrons. The number of nitrogens with one attached hydrogen (secondary N) is 1. The molecular formula is C22H28N6O4S. The van der Waals surface area contributed by atoms with Crippen LogP contribution in [0.2, 0.25) is 0 Å². The molecule has 0 bridgehead atoms. The summed E-state index contributed by atoms with van der Waals surface area (Å²) in [5.74, 6) is 1.27. The third-order valence-electron chi connectivity index (χ3n) is 6.76.